The second kappa shape index (κ2) is 17.6. The molecule has 0 saturated carbocycles. The van der Waals surface area contributed by atoms with E-state index in [1.807, 2.05) is 75.7 Å². The number of carbonyl (C=O) groups is 2. The Kier molecular flexibility index (Phi) is 12.1. The molecule has 2 amide bonds. The number of carbonyl (C=O) groups excluding carboxylic acids is 2. The van der Waals surface area contributed by atoms with Crippen LogP contribution in [-0.2, 0) is 9.59 Å². The van der Waals surface area contributed by atoms with Gasteiger partial charge in [-0.05, 0) is 92.2 Å². The molecule has 0 bridgehead atoms. The number of thiophene rings is 1. The van der Waals surface area contributed by atoms with Gasteiger partial charge in [0.25, 0.3) is 5.88 Å². The lowest BCUT2D eigenvalue weighted by Gasteiger charge is -2.31. The van der Waals surface area contributed by atoms with E-state index in [4.69, 9.17) is 9.26 Å². The number of β-amino-alcohol motifs (C(OH)–C–C–N with tert-alkyl or cyclic N) is 1. The summed E-state index contributed by atoms with van der Waals surface area (Å²) in [6.07, 6.45) is 1.37. The molecule has 3 N–H and O–H groups in total. The maximum Gasteiger partial charge on any atom is 0.254 e. The first-order valence-corrected chi connectivity index (χ1v) is 21.9. The fourth-order valence-corrected chi connectivity index (χ4v) is 10.2. The number of hydrogen-bond acceptors (Lipinski definition) is 13. The van der Waals surface area contributed by atoms with Crippen LogP contribution < -0.4 is 10.1 Å². The number of phenolic OH excluding ortho intramolecular Hbond substituents is 1. The Hall–Kier alpha value is -5.22. The van der Waals surface area contributed by atoms with Crippen LogP contribution in [0, 0.1) is 12.8 Å². The number of rotatable bonds is 13. The number of piperidine rings is 1. The Morgan fingerprint density at radius 2 is 1.81 bits per heavy atom. The molecule has 308 valence electrons. The first-order chi connectivity index (χ1) is 28.5. The number of aliphatic hydroxyl groups is 1. The van der Waals surface area contributed by atoms with Gasteiger partial charge in [0, 0.05) is 41.4 Å². The van der Waals surface area contributed by atoms with Crippen molar-refractivity contribution in [3.05, 3.63) is 94.1 Å². The number of aliphatic hydroxyl groups excluding tert-OH is 1. The van der Waals surface area contributed by atoms with Crippen LogP contribution in [-0.4, -0.2) is 97.1 Å². The van der Waals surface area contributed by atoms with E-state index in [9.17, 15) is 19.8 Å². The number of benzene rings is 2. The van der Waals surface area contributed by atoms with E-state index in [0.29, 0.717) is 35.4 Å². The number of phenols is 1. The average molecular weight is 836 g/mol. The lowest BCUT2D eigenvalue weighted by molar-refractivity contribution is -0.141. The normalized spacial score (nSPS) is 18.7. The molecular weight excluding hydrogens is 787 g/mol. The number of aryl methyl sites for hydroxylation is 1. The maximum absolute atomic E-state index is 14.2. The van der Waals surface area contributed by atoms with E-state index in [1.165, 1.54) is 9.78 Å². The van der Waals surface area contributed by atoms with Crippen LogP contribution in [0.3, 0.4) is 0 Å². The zero-order valence-electron chi connectivity index (χ0n) is 33.6. The minimum atomic E-state index is -0.821. The van der Waals surface area contributed by atoms with Gasteiger partial charge in [-0.25, -0.2) is 4.98 Å². The largest absolute Gasteiger partial charge is 0.507 e. The SMILES string of the molecule is Cc1ncsc1-c1ccc(C(C)NC(=O)[C@@H]2C[C@@H](O)CN2C(=O)C(c2cc(OCCN3CCC(c4cc5cc(-c6ccccc6O)nnc5s4)CC3)no2)C(C)C)cc1. The smallest absolute Gasteiger partial charge is 0.254 e. The van der Waals surface area contributed by atoms with Gasteiger partial charge in [-0.2, -0.15) is 0 Å². The van der Waals surface area contributed by atoms with E-state index in [-0.39, 0.29) is 42.5 Å². The predicted molar refractivity (Wildman–Crippen MR) is 227 cm³/mol. The molecule has 2 saturated heterocycles. The molecule has 6 aromatic rings. The monoisotopic (exact) mass is 835 g/mol. The summed E-state index contributed by atoms with van der Waals surface area (Å²) in [4.78, 5) is 39.3. The molecule has 4 atom stereocenters. The Balaban J connectivity index is 0.831. The minimum Gasteiger partial charge on any atom is -0.507 e. The summed E-state index contributed by atoms with van der Waals surface area (Å²) in [5.74, 6) is -0.179. The van der Waals surface area contributed by atoms with Crippen molar-refractivity contribution in [2.75, 3.05) is 32.8 Å². The molecule has 59 heavy (non-hydrogen) atoms. The Bertz CT molecular complexity index is 2400. The Morgan fingerprint density at radius 3 is 2.54 bits per heavy atom. The second-order valence-corrected chi connectivity index (χ2v) is 17.8. The topological polar surface area (TPSA) is 167 Å². The number of para-hydroxylation sites is 1. The third-order valence-corrected chi connectivity index (χ3v) is 13.7. The molecule has 0 radical (unpaired) electrons. The summed E-state index contributed by atoms with van der Waals surface area (Å²) in [6.45, 7) is 10.8. The highest BCUT2D eigenvalue weighted by molar-refractivity contribution is 7.18. The van der Waals surface area contributed by atoms with Crippen molar-refractivity contribution in [2.45, 2.75) is 77.0 Å². The summed E-state index contributed by atoms with van der Waals surface area (Å²) in [6, 6.07) is 20.0. The van der Waals surface area contributed by atoms with E-state index < -0.39 is 18.1 Å². The van der Waals surface area contributed by atoms with Crippen LogP contribution in [0.2, 0.25) is 0 Å². The molecule has 2 aliphatic rings. The zero-order valence-corrected chi connectivity index (χ0v) is 35.2. The number of aromatic nitrogens is 4. The fourth-order valence-electron chi connectivity index (χ4n) is 8.22. The van der Waals surface area contributed by atoms with Gasteiger partial charge in [0.05, 0.1) is 33.9 Å². The van der Waals surface area contributed by atoms with Crippen LogP contribution in [0.5, 0.6) is 11.6 Å². The standard InChI is InChI=1S/C44H49N7O6S2/c1-25(2)40(44(55)51-23-32(52)21-35(51)42(54)46-26(3)28-9-11-30(12-10-28)41-27(4)45-24-58-41)37-22-39(49-57-37)56-18-17-50-15-13-29(14-16-50)38-20-31-19-34(47-48-43(31)59-38)33-7-5-6-8-36(33)53/h5-12,19-20,22,24-26,29,32,35,40,52-53H,13-18,21,23H2,1-4H3,(H,46,54)/t26?,32-,35+,40?/m1/s1. The van der Waals surface area contributed by atoms with Gasteiger partial charge in [0.1, 0.15) is 29.1 Å². The van der Waals surface area contributed by atoms with Crippen LogP contribution in [0.1, 0.15) is 79.8 Å². The van der Waals surface area contributed by atoms with Gasteiger partial charge in [0.2, 0.25) is 11.8 Å². The molecule has 0 aliphatic carbocycles. The van der Waals surface area contributed by atoms with E-state index in [2.05, 4.69) is 36.6 Å². The number of amides is 2. The van der Waals surface area contributed by atoms with Crippen LogP contribution >= 0.6 is 22.7 Å². The average Bonchev–Trinajstić information content (AvgIpc) is 4.05. The van der Waals surface area contributed by atoms with E-state index in [0.717, 1.165) is 64.4 Å². The van der Waals surface area contributed by atoms with E-state index in [1.54, 1.807) is 40.9 Å². The molecule has 8 rings (SSSR count). The predicted octanol–water partition coefficient (Wildman–Crippen LogP) is 7.32. The van der Waals surface area contributed by atoms with Crippen LogP contribution in [0.15, 0.2) is 76.8 Å². The number of fused-ring (bicyclic) bond motifs is 1. The molecule has 2 aromatic carbocycles. The van der Waals surface area contributed by atoms with Crippen molar-refractivity contribution in [1.29, 1.82) is 0 Å². The molecule has 2 aliphatic heterocycles. The number of likely N-dealkylation sites (tertiary alicyclic amines) is 2. The number of nitrogens with one attached hydrogen (secondary N) is 1. The maximum atomic E-state index is 14.2. The number of hydrogen-bond donors (Lipinski definition) is 3. The van der Waals surface area contributed by atoms with Gasteiger partial charge >= 0.3 is 0 Å². The van der Waals surface area contributed by atoms with Crippen molar-refractivity contribution in [3.8, 4) is 33.3 Å². The van der Waals surface area contributed by atoms with Gasteiger partial charge in [-0.15, -0.1) is 32.9 Å². The lowest BCUT2D eigenvalue weighted by atomic mass is 9.91. The van der Waals surface area contributed by atoms with Gasteiger partial charge in [0.15, 0.2) is 5.76 Å². The molecule has 15 heteroatoms. The van der Waals surface area contributed by atoms with E-state index >= 15 is 0 Å². The van der Waals surface area contributed by atoms with Gasteiger partial charge in [-0.3, -0.25) is 14.5 Å². The van der Waals surface area contributed by atoms with Gasteiger partial charge in [-0.1, -0.05) is 50.2 Å². The van der Waals surface area contributed by atoms with Crippen molar-refractivity contribution in [3.63, 3.8) is 0 Å². The van der Waals surface area contributed by atoms with Crippen molar-refractivity contribution >= 4 is 44.7 Å². The van der Waals surface area contributed by atoms with Gasteiger partial charge < -0.3 is 29.7 Å². The summed E-state index contributed by atoms with van der Waals surface area (Å²) >= 11 is 3.28. The quantitative estimate of drug-likeness (QED) is 0.107. The third kappa shape index (κ3) is 8.88. The van der Waals surface area contributed by atoms with Crippen molar-refractivity contribution < 1.29 is 29.1 Å². The summed E-state index contributed by atoms with van der Waals surface area (Å²) in [5.41, 5.74) is 6.15. The minimum absolute atomic E-state index is 0.0587. The zero-order chi connectivity index (χ0) is 41.2. The van der Waals surface area contributed by atoms with Crippen molar-refractivity contribution in [2.24, 2.45) is 5.92 Å². The Morgan fingerprint density at radius 1 is 1.03 bits per heavy atom. The molecule has 6 heterocycles. The lowest BCUT2D eigenvalue weighted by Crippen LogP contribution is -2.48. The van der Waals surface area contributed by atoms with Crippen molar-refractivity contribution in [1.82, 2.24) is 35.5 Å². The molecular formula is C44H49N7O6S2. The summed E-state index contributed by atoms with van der Waals surface area (Å²) in [5, 5.41) is 38.0. The summed E-state index contributed by atoms with van der Waals surface area (Å²) in [7, 11) is 0. The number of aromatic hydroxyl groups is 1. The molecule has 0 spiro atoms. The number of nitrogens with zero attached hydrogens (tertiary/aromatic N) is 6. The van der Waals surface area contributed by atoms with Crippen LogP contribution in [0.25, 0.3) is 31.9 Å². The second-order valence-electron chi connectivity index (χ2n) is 15.9. The highest BCUT2D eigenvalue weighted by Gasteiger charge is 2.43. The van der Waals surface area contributed by atoms with Crippen LogP contribution in [0.4, 0.5) is 0 Å². The first kappa shape index (κ1) is 40.6. The highest BCUT2D eigenvalue weighted by Crippen LogP contribution is 2.38. The first-order valence-electron chi connectivity index (χ1n) is 20.2. The number of ether oxygens (including phenoxy) is 1. The molecule has 2 unspecified atom stereocenters. The number of thiazole rings is 1. The fraction of sp³-hybridized carbons (Fsp3) is 0.409. The highest BCUT2D eigenvalue weighted by atomic mass is 32.1. The Labute approximate surface area is 351 Å². The molecule has 4 aromatic heterocycles. The molecule has 2 fully saturated rings. The summed E-state index contributed by atoms with van der Waals surface area (Å²) < 4.78 is 11.7. The third-order valence-electron chi connectivity index (χ3n) is 11.5. The molecule has 13 nitrogen and oxygen atoms in total.